The van der Waals surface area contributed by atoms with Crippen LogP contribution < -0.4 is 9.80 Å². The van der Waals surface area contributed by atoms with Gasteiger partial charge in [0.15, 0.2) is 0 Å². The minimum atomic E-state index is -0.594. The number of anilines is 2. The number of benzene rings is 2. The van der Waals surface area contributed by atoms with Crippen molar-refractivity contribution in [1.82, 2.24) is 9.97 Å². The minimum Gasteiger partial charge on any atom is -0.392 e. The molecule has 0 aliphatic carbocycles. The Bertz CT molecular complexity index is 1080. The van der Waals surface area contributed by atoms with Crippen molar-refractivity contribution < 1.29 is 18.6 Å². The third-order valence-electron chi connectivity index (χ3n) is 6.03. The molecule has 0 radical (unpaired) electrons. The summed E-state index contributed by atoms with van der Waals surface area (Å²) in [6, 6.07) is 7.30. The van der Waals surface area contributed by atoms with Crippen molar-refractivity contribution >= 4 is 22.5 Å². The molecule has 2 aliphatic rings. The normalized spacial score (nSPS) is 19.4. The van der Waals surface area contributed by atoms with E-state index in [1.54, 1.807) is 6.20 Å². The molecule has 0 amide bonds. The van der Waals surface area contributed by atoms with Crippen LogP contribution in [0.1, 0.15) is 30.0 Å². The summed E-state index contributed by atoms with van der Waals surface area (Å²) >= 11 is 0. The SMILES string of the molecule is OCc1cc(C2CCCN2c2cc(F)cc(F)c2)c2nc(N3CCOCC3)cnc2c1. The number of halogens is 2. The number of ether oxygens (including phenoxy) is 1. The maximum atomic E-state index is 13.9. The number of nitrogens with zero attached hydrogens (tertiary/aromatic N) is 4. The van der Waals surface area contributed by atoms with Crippen LogP contribution in [0.15, 0.2) is 36.5 Å². The molecule has 1 N–H and O–H groups in total. The van der Waals surface area contributed by atoms with E-state index < -0.39 is 11.6 Å². The first-order chi connectivity index (χ1) is 15.1. The van der Waals surface area contributed by atoms with Gasteiger partial charge in [0.2, 0.25) is 0 Å². The molecule has 1 atom stereocenters. The minimum absolute atomic E-state index is 0.107. The quantitative estimate of drug-likeness (QED) is 0.688. The Balaban J connectivity index is 1.61. The van der Waals surface area contributed by atoms with Crippen LogP contribution in [0.5, 0.6) is 0 Å². The van der Waals surface area contributed by atoms with Crippen molar-refractivity contribution in [3.05, 3.63) is 59.3 Å². The zero-order valence-electron chi connectivity index (χ0n) is 17.1. The number of hydrogen-bond donors (Lipinski definition) is 1. The summed E-state index contributed by atoms with van der Waals surface area (Å²) in [5.41, 5.74) is 3.64. The Morgan fingerprint density at radius 2 is 1.81 bits per heavy atom. The van der Waals surface area contributed by atoms with Crippen molar-refractivity contribution in [3.63, 3.8) is 0 Å². The fourth-order valence-corrected chi connectivity index (χ4v) is 4.59. The van der Waals surface area contributed by atoms with Gasteiger partial charge < -0.3 is 19.6 Å². The summed E-state index contributed by atoms with van der Waals surface area (Å²) in [6.07, 6.45) is 3.47. The summed E-state index contributed by atoms with van der Waals surface area (Å²) in [6.45, 7) is 3.38. The van der Waals surface area contributed by atoms with Gasteiger partial charge in [-0.2, -0.15) is 0 Å². The molecule has 2 aliphatic heterocycles. The molecule has 0 bridgehead atoms. The average Bonchev–Trinajstić information content (AvgIpc) is 3.28. The fraction of sp³-hybridized carbons (Fsp3) is 0.391. The molecule has 3 heterocycles. The van der Waals surface area contributed by atoms with Gasteiger partial charge in [0, 0.05) is 37.0 Å². The molecule has 1 unspecified atom stereocenters. The molecule has 0 saturated carbocycles. The van der Waals surface area contributed by atoms with Gasteiger partial charge in [-0.05, 0) is 42.7 Å². The van der Waals surface area contributed by atoms with Crippen molar-refractivity contribution in [3.8, 4) is 0 Å². The molecule has 3 aromatic rings. The first kappa shape index (κ1) is 20.1. The number of aliphatic hydroxyl groups is 1. The summed E-state index contributed by atoms with van der Waals surface area (Å²) < 4.78 is 33.2. The number of fused-ring (bicyclic) bond motifs is 1. The van der Waals surface area contributed by atoms with Gasteiger partial charge in [-0.25, -0.2) is 13.8 Å². The van der Waals surface area contributed by atoms with Crippen LogP contribution in [0.25, 0.3) is 11.0 Å². The molecule has 31 heavy (non-hydrogen) atoms. The lowest BCUT2D eigenvalue weighted by molar-refractivity contribution is 0.122. The van der Waals surface area contributed by atoms with Crippen LogP contribution in [-0.2, 0) is 11.3 Å². The Hall–Kier alpha value is -2.84. The van der Waals surface area contributed by atoms with E-state index in [1.165, 1.54) is 12.1 Å². The van der Waals surface area contributed by atoms with E-state index in [0.717, 1.165) is 54.5 Å². The number of morpholine rings is 1. The highest BCUT2D eigenvalue weighted by Gasteiger charge is 2.30. The molecule has 1 aromatic heterocycles. The van der Waals surface area contributed by atoms with E-state index in [9.17, 15) is 13.9 Å². The third-order valence-corrected chi connectivity index (χ3v) is 6.03. The summed E-state index contributed by atoms with van der Waals surface area (Å²) in [5, 5.41) is 9.80. The van der Waals surface area contributed by atoms with E-state index >= 15 is 0 Å². The van der Waals surface area contributed by atoms with Gasteiger partial charge in [0.05, 0.1) is 43.1 Å². The number of aromatic nitrogens is 2. The monoisotopic (exact) mass is 426 g/mol. The molecule has 2 aromatic carbocycles. The average molecular weight is 426 g/mol. The zero-order valence-corrected chi connectivity index (χ0v) is 17.1. The number of aliphatic hydroxyl groups excluding tert-OH is 1. The molecular formula is C23H24F2N4O2. The highest BCUT2D eigenvalue weighted by Crippen LogP contribution is 2.39. The Morgan fingerprint density at radius 3 is 2.55 bits per heavy atom. The lowest BCUT2D eigenvalue weighted by Gasteiger charge is -2.30. The van der Waals surface area contributed by atoms with Crippen LogP contribution >= 0.6 is 0 Å². The zero-order chi connectivity index (χ0) is 21.4. The van der Waals surface area contributed by atoms with Gasteiger partial charge in [0.25, 0.3) is 0 Å². The number of hydrogen-bond acceptors (Lipinski definition) is 6. The van der Waals surface area contributed by atoms with Crippen LogP contribution in [0.3, 0.4) is 0 Å². The van der Waals surface area contributed by atoms with E-state index in [-0.39, 0.29) is 12.6 Å². The summed E-state index contributed by atoms with van der Waals surface area (Å²) in [7, 11) is 0. The largest absolute Gasteiger partial charge is 0.392 e. The summed E-state index contributed by atoms with van der Waals surface area (Å²) in [4.78, 5) is 13.7. The maximum absolute atomic E-state index is 13.9. The van der Waals surface area contributed by atoms with Crippen LogP contribution in [0.4, 0.5) is 20.3 Å². The first-order valence-electron chi connectivity index (χ1n) is 10.6. The van der Waals surface area contributed by atoms with Crippen molar-refractivity contribution in [2.75, 3.05) is 42.6 Å². The van der Waals surface area contributed by atoms with Crippen molar-refractivity contribution in [2.45, 2.75) is 25.5 Å². The molecule has 8 heteroatoms. The van der Waals surface area contributed by atoms with E-state index in [1.807, 2.05) is 17.0 Å². The molecule has 2 saturated heterocycles. The third kappa shape index (κ3) is 3.93. The molecule has 6 nitrogen and oxygen atoms in total. The summed E-state index contributed by atoms with van der Waals surface area (Å²) in [5.74, 6) is -0.400. The molecular weight excluding hydrogens is 402 g/mol. The van der Waals surface area contributed by atoms with E-state index in [2.05, 4.69) is 9.88 Å². The fourth-order valence-electron chi connectivity index (χ4n) is 4.59. The van der Waals surface area contributed by atoms with Crippen molar-refractivity contribution in [2.24, 2.45) is 0 Å². The molecule has 0 spiro atoms. The second-order valence-corrected chi connectivity index (χ2v) is 8.02. The maximum Gasteiger partial charge on any atom is 0.148 e. The Morgan fingerprint density at radius 1 is 1.03 bits per heavy atom. The molecule has 162 valence electrons. The van der Waals surface area contributed by atoms with Gasteiger partial charge in [-0.15, -0.1) is 0 Å². The predicted molar refractivity (Wildman–Crippen MR) is 114 cm³/mol. The smallest absolute Gasteiger partial charge is 0.148 e. The second kappa shape index (κ2) is 8.36. The van der Waals surface area contributed by atoms with E-state index in [0.29, 0.717) is 31.0 Å². The topological polar surface area (TPSA) is 61.7 Å². The van der Waals surface area contributed by atoms with Gasteiger partial charge in [-0.1, -0.05) is 0 Å². The molecule has 5 rings (SSSR count). The Kier molecular flexibility index (Phi) is 5.41. The van der Waals surface area contributed by atoms with Crippen LogP contribution in [-0.4, -0.2) is 47.9 Å². The first-order valence-corrected chi connectivity index (χ1v) is 10.6. The molecule has 2 fully saturated rings. The van der Waals surface area contributed by atoms with Crippen LogP contribution in [0, 0.1) is 11.6 Å². The predicted octanol–water partition coefficient (Wildman–Crippen LogP) is 3.58. The number of rotatable bonds is 4. The lowest BCUT2D eigenvalue weighted by atomic mass is 9.99. The van der Waals surface area contributed by atoms with E-state index in [4.69, 9.17) is 9.72 Å². The standard InChI is InChI=1S/C23H24F2N4O2/c24-16-10-17(25)12-18(11-16)29-3-1-2-21(29)19-8-15(14-30)9-20-23(19)27-22(13-26-20)28-4-6-31-7-5-28/h8-13,21,30H,1-7,14H2. The van der Waals surface area contributed by atoms with Crippen molar-refractivity contribution in [1.29, 1.82) is 0 Å². The van der Waals surface area contributed by atoms with Gasteiger partial charge >= 0.3 is 0 Å². The lowest BCUT2D eigenvalue weighted by Crippen LogP contribution is -2.36. The van der Waals surface area contributed by atoms with Crippen LogP contribution in [0.2, 0.25) is 0 Å². The second-order valence-electron chi connectivity index (χ2n) is 8.02. The van der Waals surface area contributed by atoms with Gasteiger partial charge in [0.1, 0.15) is 17.5 Å². The Labute approximate surface area is 179 Å². The van der Waals surface area contributed by atoms with Gasteiger partial charge in [-0.3, -0.25) is 4.98 Å². The highest BCUT2D eigenvalue weighted by molar-refractivity contribution is 5.81. The highest BCUT2D eigenvalue weighted by atomic mass is 19.1.